The van der Waals surface area contributed by atoms with Crippen LogP contribution in [0.1, 0.15) is 18.1 Å². The van der Waals surface area contributed by atoms with E-state index in [4.69, 9.17) is 10.4 Å². The van der Waals surface area contributed by atoms with Crippen molar-refractivity contribution in [2.24, 2.45) is 5.41 Å². The standard InChI is InChI=1S/C13H13NO2/c1-3-13(2,12(15)16)8-10-6-4-5-7-11(10)9-14/h3-7H,1,8H2,2H3,(H,15,16). The molecule has 0 saturated heterocycles. The topological polar surface area (TPSA) is 61.1 Å². The molecule has 1 rings (SSSR count). The minimum Gasteiger partial charge on any atom is -0.481 e. The van der Waals surface area contributed by atoms with Gasteiger partial charge in [-0.25, -0.2) is 0 Å². The Morgan fingerprint density at radius 3 is 2.75 bits per heavy atom. The number of hydrogen-bond donors (Lipinski definition) is 1. The fraction of sp³-hybridized carbons (Fsp3) is 0.231. The highest BCUT2D eigenvalue weighted by atomic mass is 16.4. The maximum absolute atomic E-state index is 11.1. The van der Waals surface area contributed by atoms with Gasteiger partial charge < -0.3 is 5.11 Å². The molecule has 0 radical (unpaired) electrons. The quantitative estimate of drug-likeness (QED) is 0.784. The van der Waals surface area contributed by atoms with Crippen LogP contribution in [0, 0.1) is 16.7 Å². The van der Waals surface area contributed by atoms with Gasteiger partial charge in [0, 0.05) is 0 Å². The Bertz CT molecular complexity index is 459. The van der Waals surface area contributed by atoms with Crippen LogP contribution in [0.15, 0.2) is 36.9 Å². The molecule has 1 N–H and O–H groups in total. The molecule has 0 amide bonds. The van der Waals surface area contributed by atoms with E-state index in [0.29, 0.717) is 5.56 Å². The lowest BCUT2D eigenvalue weighted by molar-refractivity contribution is -0.145. The van der Waals surface area contributed by atoms with Crippen molar-refractivity contribution in [2.75, 3.05) is 0 Å². The monoisotopic (exact) mass is 215 g/mol. The van der Waals surface area contributed by atoms with Crippen molar-refractivity contribution < 1.29 is 9.90 Å². The summed E-state index contributed by atoms with van der Waals surface area (Å²) < 4.78 is 0. The SMILES string of the molecule is C=CC(C)(Cc1ccccc1C#N)C(=O)O. The summed E-state index contributed by atoms with van der Waals surface area (Å²) in [5.41, 5.74) is 0.207. The van der Waals surface area contributed by atoms with E-state index in [-0.39, 0.29) is 6.42 Å². The number of benzene rings is 1. The van der Waals surface area contributed by atoms with Crippen LogP contribution in [0.3, 0.4) is 0 Å². The summed E-state index contributed by atoms with van der Waals surface area (Å²) in [6.07, 6.45) is 1.68. The first-order valence-electron chi connectivity index (χ1n) is 4.88. The van der Waals surface area contributed by atoms with E-state index in [1.54, 1.807) is 31.2 Å². The smallest absolute Gasteiger partial charge is 0.313 e. The van der Waals surface area contributed by atoms with E-state index in [1.165, 1.54) is 6.08 Å². The molecule has 0 bridgehead atoms. The largest absolute Gasteiger partial charge is 0.481 e. The summed E-state index contributed by atoms with van der Waals surface area (Å²) in [7, 11) is 0. The highest BCUT2D eigenvalue weighted by Gasteiger charge is 2.30. The van der Waals surface area contributed by atoms with E-state index in [9.17, 15) is 4.79 Å². The van der Waals surface area contributed by atoms with Gasteiger partial charge in [-0.3, -0.25) is 4.79 Å². The molecule has 0 aromatic heterocycles. The van der Waals surface area contributed by atoms with Crippen LogP contribution in [0.25, 0.3) is 0 Å². The van der Waals surface area contributed by atoms with Gasteiger partial charge in [-0.05, 0) is 25.0 Å². The zero-order chi connectivity index (χ0) is 12.2. The highest BCUT2D eigenvalue weighted by molar-refractivity contribution is 5.77. The number of carboxylic acid groups (broad SMARTS) is 1. The first kappa shape index (κ1) is 12.0. The van der Waals surface area contributed by atoms with Gasteiger partial charge >= 0.3 is 5.97 Å². The third kappa shape index (κ3) is 2.29. The molecule has 1 aromatic rings. The molecule has 1 unspecified atom stereocenters. The van der Waals surface area contributed by atoms with Crippen LogP contribution in [-0.2, 0) is 11.2 Å². The first-order chi connectivity index (χ1) is 7.53. The van der Waals surface area contributed by atoms with Crippen LogP contribution in [-0.4, -0.2) is 11.1 Å². The highest BCUT2D eigenvalue weighted by Crippen LogP contribution is 2.25. The third-order valence-electron chi connectivity index (χ3n) is 2.63. The molecular weight excluding hydrogens is 202 g/mol. The van der Waals surface area contributed by atoms with Crippen LogP contribution in [0.4, 0.5) is 0 Å². The average molecular weight is 215 g/mol. The Morgan fingerprint density at radius 2 is 2.25 bits per heavy atom. The van der Waals surface area contributed by atoms with Gasteiger partial charge in [0.1, 0.15) is 0 Å². The molecule has 1 atom stereocenters. The zero-order valence-electron chi connectivity index (χ0n) is 9.10. The number of aliphatic carboxylic acids is 1. The molecule has 0 fully saturated rings. The Labute approximate surface area is 94.6 Å². The molecule has 0 aliphatic rings. The van der Waals surface area contributed by atoms with Crippen LogP contribution in [0.5, 0.6) is 0 Å². The van der Waals surface area contributed by atoms with Crippen LogP contribution < -0.4 is 0 Å². The minimum absolute atomic E-state index is 0.273. The molecule has 0 aliphatic carbocycles. The van der Waals surface area contributed by atoms with E-state index >= 15 is 0 Å². The Balaban J connectivity index is 3.09. The number of carbonyl (C=O) groups is 1. The molecule has 1 aromatic carbocycles. The van der Waals surface area contributed by atoms with Crippen molar-refractivity contribution in [3.63, 3.8) is 0 Å². The average Bonchev–Trinajstić information content (AvgIpc) is 2.29. The van der Waals surface area contributed by atoms with Crippen molar-refractivity contribution >= 4 is 5.97 Å². The summed E-state index contributed by atoms with van der Waals surface area (Å²) >= 11 is 0. The first-order valence-corrected chi connectivity index (χ1v) is 4.88. The van der Waals surface area contributed by atoms with Gasteiger partial charge in [-0.1, -0.05) is 24.3 Å². The number of carboxylic acids is 1. The van der Waals surface area contributed by atoms with E-state index < -0.39 is 11.4 Å². The Morgan fingerprint density at radius 1 is 1.62 bits per heavy atom. The van der Waals surface area contributed by atoms with Crippen molar-refractivity contribution in [1.82, 2.24) is 0 Å². The number of nitrogens with zero attached hydrogens (tertiary/aromatic N) is 1. The van der Waals surface area contributed by atoms with Gasteiger partial charge in [0.05, 0.1) is 17.0 Å². The lowest BCUT2D eigenvalue weighted by atomic mass is 9.82. The molecule has 16 heavy (non-hydrogen) atoms. The van der Waals surface area contributed by atoms with Gasteiger partial charge in [-0.2, -0.15) is 5.26 Å². The van der Waals surface area contributed by atoms with Crippen LogP contribution >= 0.6 is 0 Å². The summed E-state index contributed by atoms with van der Waals surface area (Å²) in [4.78, 5) is 11.1. The van der Waals surface area contributed by atoms with E-state index in [2.05, 4.69) is 12.6 Å². The van der Waals surface area contributed by atoms with Gasteiger partial charge in [0.25, 0.3) is 0 Å². The molecule has 82 valence electrons. The number of hydrogen-bond acceptors (Lipinski definition) is 2. The number of nitriles is 1. The van der Waals surface area contributed by atoms with Crippen molar-refractivity contribution in [2.45, 2.75) is 13.3 Å². The van der Waals surface area contributed by atoms with E-state index in [0.717, 1.165) is 5.56 Å². The third-order valence-corrected chi connectivity index (χ3v) is 2.63. The molecule has 0 aliphatic heterocycles. The molecule has 0 saturated carbocycles. The lowest BCUT2D eigenvalue weighted by Crippen LogP contribution is -2.27. The van der Waals surface area contributed by atoms with E-state index in [1.807, 2.05) is 0 Å². The second-order valence-electron chi connectivity index (χ2n) is 3.87. The van der Waals surface area contributed by atoms with Crippen molar-refractivity contribution in [3.8, 4) is 6.07 Å². The van der Waals surface area contributed by atoms with Crippen molar-refractivity contribution in [3.05, 3.63) is 48.0 Å². The molecule has 0 heterocycles. The molecule has 0 spiro atoms. The van der Waals surface area contributed by atoms with Crippen LogP contribution in [0.2, 0.25) is 0 Å². The summed E-state index contributed by atoms with van der Waals surface area (Å²) in [5, 5.41) is 18.0. The van der Waals surface area contributed by atoms with Gasteiger partial charge in [0.15, 0.2) is 0 Å². The zero-order valence-corrected chi connectivity index (χ0v) is 9.10. The molecule has 3 nitrogen and oxygen atoms in total. The lowest BCUT2D eigenvalue weighted by Gasteiger charge is -2.20. The predicted octanol–water partition coefficient (Wildman–Crippen LogP) is 2.38. The van der Waals surface area contributed by atoms with Gasteiger partial charge in [0.2, 0.25) is 0 Å². The Hall–Kier alpha value is -2.08. The summed E-state index contributed by atoms with van der Waals surface area (Å²) in [5.74, 6) is -0.935. The number of rotatable bonds is 4. The normalized spacial score (nSPS) is 13.5. The predicted molar refractivity (Wildman–Crippen MR) is 60.8 cm³/mol. The molecular formula is C13H13NO2. The second-order valence-corrected chi connectivity index (χ2v) is 3.87. The van der Waals surface area contributed by atoms with Crippen molar-refractivity contribution in [1.29, 1.82) is 5.26 Å². The van der Waals surface area contributed by atoms with Gasteiger partial charge in [-0.15, -0.1) is 6.58 Å². The maximum atomic E-state index is 11.1. The maximum Gasteiger partial charge on any atom is 0.313 e. The minimum atomic E-state index is -1.03. The molecule has 3 heteroatoms. The fourth-order valence-electron chi connectivity index (χ4n) is 1.41. The summed E-state index contributed by atoms with van der Waals surface area (Å²) in [6.45, 7) is 5.14. The Kier molecular flexibility index (Phi) is 3.47. The summed E-state index contributed by atoms with van der Waals surface area (Å²) in [6, 6.07) is 9.05. The fourth-order valence-corrected chi connectivity index (χ4v) is 1.41. The second kappa shape index (κ2) is 4.63.